The summed E-state index contributed by atoms with van der Waals surface area (Å²) >= 11 is 0. The van der Waals surface area contributed by atoms with Gasteiger partial charge in [-0.25, -0.2) is 4.98 Å². The lowest BCUT2D eigenvalue weighted by atomic mass is 10.0. The van der Waals surface area contributed by atoms with Gasteiger partial charge in [0.2, 0.25) is 5.95 Å². The molecule has 0 fully saturated rings. The Bertz CT molecular complexity index is 1240. The number of aryl methyl sites for hydroxylation is 1. The average molecular weight is 385 g/mol. The number of hydrogen-bond acceptors (Lipinski definition) is 8. The van der Waals surface area contributed by atoms with Gasteiger partial charge in [-0.1, -0.05) is 6.07 Å². The molecular formula is C20H19N9. The molecule has 4 aromatic rings. The first-order valence-electron chi connectivity index (χ1n) is 8.95. The molecule has 0 aliphatic heterocycles. The van der Waals surface area contributed by atoms with E-state index in [1.54, 1.807) is 6.20 Å². The van der Waals surface area contributed by atoms with Gasteiger partial charge in [0, 0.05) is 25.0 Å². The number of hydrogen-bond donors (Lipinski definition) is 3. The Morgan fingerprint density at radius 2 is 2.00 bits per heavy atom. The van der Waals surface area contributed by atoms with Crippen molar-refractivity contribution in [2.45, 2.75) is 13.0 Å². The number of fused-ring (bicyclic) bond motifs is 1. The van der Waals surface area contributed by atoms with E-state index in [1.807, 2.05) is 55.1 Å². The maximum absolute atomic E-state index is 9.43. The topological polar surface area (TPSA) is 144 Å². The van der Waals surface area contributed by atoms with Crippen molar-refractivity contribution in [3.63, 3.8) is 0 Å². The van der Waals surface area contributed by atoms with Crippen LogP contribution < -0.4 is 16.8 Å². The SMILES string of the molecule is C[C@H](Nc1nc(N)nc(N)c1C#N)c1nc2ccn(C)c2cc1-c1ccccn1. The van der Waals surface area contributed by atoms with Gasteiger partial charge in [0.1, 0.15) is 17.5 Å². The van der Waals surface area contributed by atoms with Gasteiger partial charge in [-0.15, -0.1) is 0 Å². The van der Waals surface area contributed by atoms with Crippen LogP contribution in [0.1, 0.15) is 24.2 Å². The van der Waals surface area contributed by atoms with E-state index in [0.717, 1.165) is 28.0 Å². The maximum atomic E-state index is 9.43. The molecular weight excluding hydrogens is 366 g/mol. The van der Waals surface area contributed by atoms with Crippen molar-refractivity contribution < 1.29 is 0 Å². The average Bonchev–Trinajstić information content (AvgIpc) is 3.07. The number of nitrogens with zero attached hydrogens (tertiary/aromatic N) is 6. The van der Waals surface area contributed by atoms with Gasteiger partial charge in [-0.2, -0.15) is 15.2 Å². The number of anilines is 3. The minimum Gasteiger partial charge on any atom is -0.382 e. The van der Waals surface area contributed by atoms with Crippen molar-refractivity contribution in [1.29, 1.82) is 5.26 Å². The van der Waals surface area contributed by atoms with Crippen LogP contribution >= 0.6 is 0 Å². The Morgan fingerprint density at radius 1 is 1.17 bits per heavy atom. The molecule has 0 aromatic carbocycles. The smallest absolute Gasteiger partial charge is 0.224 e. The summed E-state index contributed by atoms with van der Waals surface area (Å²) in [5.74, 6) is 0.297. The number of nitrogen functional groups attached to an aromatic ring is 2. The van der Waals surface area contributed by atoms with E-state index < -0.39 is 0 Å². The Morgan fingerprint density at radius 3 is 2.72 bits per heavy atom. The number of nitriles is 1. The van der Waals surface area contributed by atoms with Crippen LogP contribution in [0.3, 0.4) is 0 Å². The summed E-state index contributed by atoms with van der Waals surface area (Å²) < 4.78 is 2.01. The Balaban J connectivity index is 1.84. The number of rotatable bonds is 4. The highest BCUT2D eigenvalue weighted by Gasteiger charge is 2.20. The van der Waals surface area contributed by atoms with E-state index in [4.69, 9.17) is 16.5 Å². The van der Waals surface area contributed by atoms with Crippen molar-refractivity contribution in [2.24, 2.45) is 7.05 Å². The highest BCUT2D eigenvalue weighted by atomic mass is 15.1. The first kappa shape index (κ1) is 18.2. The van der Waals surface area contributed by atoms with Crippen LogP contribution in [-0.2, 0) is 7.05 Å². The highest BCUT2D eigenvalue weighted by molar-refractivity contribution is 5.82. The fourth-order valence-corrected chi connectivity index (χ4v) is 3.24. The molecule has 0 bridgehead atoms. The monoisotopic (exact) mass is 385 g/mol. The lowest BCUT2D eigenvalue weighted by Gasteiger charge is -2.19. The van der Waals surface area contributed by atoms with Crippen molar-refractivity contribution in [3.05, 3.63) is 54.0 Å². The van der Waals surface area contributed by atoms with E-state index in [-0.39, 0.29) is 29.2 Å². The largest absolute Gasteiger partial charge is 0.382 e. The van der Waals surface area contributed by atoms with Gasteiger partial charge < -0.3 is 21.4 Å². The molecule has 0 saturated heterocycles. The second kappa shape index (κ2) is 7.09. The first-order valence-corrected chi connectivity index (χ1v) is 8.95. The number of aromatic nitrogens is 5. The second-order valence-corrected chi connectivity index (χ2v) is 6.64. The van der Waals surface area contributed by atoms with Gasteiger partial charge in [0.05, 0.1) is 28.5 Å². The quantitative estimate of drug-likeness (QED) is 0.486. The van der Waals surface area contributed by atoms with Crippen molar-refractivity contribution in [2.75, 3.05) is 16.8 Å². The van der Waals surface area contributed by atoms with Crippen LogP contribution in [0.2, 0.25) is 0 Å². The summed E-state index contributed by atoms with van der Waals surface area (Å²) in [6.07, 6.45) is 3.70. The summed E-state index contributed by atoms with van der Waals surface area (Å²) in [5.41, 5.74) is 16.0. The van der Waals surface area contributed by atoms with Gasteiger partial charge in [-0.05, 0) is 31.2 Å². The number of nitrogens with one attached hydrogen (secondary N) is 1. The molecule has 4 heterocycles. The summed E-state index contributed by atoms with van der Waals surface area (Å²) in [6, 6.07) is 11.5. The Hall–Kier alpha value is -4.19. The molecule has 4 aromatic heterocycles. The van der Waals surface area contributed by atoms with Crippen LogP contribution in [0.25, 0.3) is 22.3 Å². The third kappa shape index (κ3) is 3.27. The molecule has 9 heteroatoms. The molecule has 0 radical (unpaired) electrons. The van der Waals surface area contributed by atoms with Crippen molar-refractivity contribution >= 4 is 28.6 Å². The summed E-state index contributed by atoms with van der Waals surface area (Å²) in [6.45, 7) is 1.93. The van der Waals surface area contributed by atoms with Crippen LogP contribution in [0.5, 0.6) is 0 Å². The van der Waals surface area contributed by atoms with Gasteiger partial charge in [0.25, 0.3) is 0 Å². The molecule has 4 rings (SSSR count). The zero-order valence-electron chi connectivity index (χ0n) is 16.0. The fourth-order valence-electron chi connectivity index (χ4n) is 3.24. The van der Waals surface area contributed by atoms with E-state index in [2.05, 4.69) is 26.3 Å². The summed E-state index contributed by atoms with van der Waals surface area (Å²) in [7, 11) is 1.97. The van der Waals surface area contributed by atoms with Gasteiger partial charge in [0.15, 0.2) is 5.82 Å². The summed E-state index contributed by atoms with van der Waals surface area (Å²) in [4.78, 5) is 17.3. The third-order valence-corrected chi connectivity index (χ3v) is 4.67. The van der Waals surface area contributed by atoms with E-state index in [0.29, 0.717) is 0 Å². The normalized spacial score (nSPS) is 11.9. The van der Waals surface area contributed by atoms with Crippen molar-refractivity contribution in [3.8, 4) is 17.3 Å². The van der Waals surface area contributed by atoms with Crippen LogP contribution in [0.15, 0.2) is 42.7 Å². The number of nitrogens with two attached hydrogens (primary N) is 2. The van der Waals surface area contributed by atoms with Crippen LogP contribution in [-0.4, -0.2) is 24.5 Å². The lowest BCUT2D eigenvalue weighted by molar-refractivity contribution is 0.838. The lowest BCUT2D eigenvalue weighted by Crippen LogP contribution is -2.15. The predicted molar refractivity (Wildman–Crippen MR) is 112 cm³/mol. The van der Waals surface area contributed by atoms with E-state index in [9.17, 15) is 5.26 Å². The second-order valence-electron chi connectivity index (χ2n) is 6.64. The van der Waals surface area contributed by atoms with Crippen LogP contribution in [0.4, 0.5) is 17.6 Å². The van der Waals surface area contributed by atoms with E-state index >= 15 is 0 Å². The molecule has 29 heavy (non-hydrogen) atoms. The molecule has 9 nitrogen and oxygen atoms in total. The molecule has 1 atom stereocenters. The minimum absolute atomic E-state index is 0.00683. The fraction of sp³-hybridized carbons (Fsp3) is 0.150. The molecule has 0 aliphatic carbocycles. The molecule has 0 spiro atoms. The standard InChI is InChI=1S/C20H19N9/c1-11(25-19-13(10-21)18(22)27-20(23)28-19)17-12(14-5-3-4-7-24-14)9-16-15(26-17)6-8-29(16)2/h3-9,11H,1-2H3,(H5,22,23,25,27,28)/t11-/m0/s1. The maximum Gasteiger partial charge on any atom is 0.224 e. The zero-order chi connectivity index (χ0) is 20.5. The van der Waals surface area contributed by atoms with E-state index in [1.165, 1.54) is 0 Å². The summed E-state index contributed by atoms with van der Waals surface area (Å²) in [5, 5.41) is 12.6. The molecule has 144 valence electrons. The van der Waals surface area contributed by atoms with Crippen LogP contribution in [0, 0.1) is 11.3 Å². The zero-order valence-corrected chi connectivity index (χ0v) is 16.0. The molecule has 0 saturated carbocycles. The van der Waals surface area contributed by atoms with Gasteiger partial charge in [-0.3, -0.25) is 4.98 Å². The molecule has 0 aliphatic rings. The minimum atomic E-state index is -0.308. The Kier molecular flexibility index (Phi) is 4.44. The molecule has 0 amide bonds. The van der Waals surface area contributed by atoms with Gasteiger partial charge >= 0.3 is 0 Å². The highest BCUT2D eigenvalue weighted by Crippen LogP contribution is 2.31. The first-order chi connectivity index (χ1) is 14.0. The molecule has 0 unspecified atom stereocenters. The third-order valence-electron chi connectivity index (χ3n) is 4.67. The Labute approximate surface area is 167 Å². The van der Waals surface area contributed by atoms with Crippen molar-refractivity contribution in [1.82, 2.24) is 24.5 Å². The predicted octanol–water partition coefficient (Wildman–Crippen LogP) is 2.63. The number of pyridine rings is 2. The molecule has 5 N–H and O–H groups in total.